The van der Waals surface area contributed by atoms with E-state index in [0.29, 0.717) is 0 Å². The van der Waals surface area contributed by atoms with Gasteiger partial charge in [-0.1, -0.05) is 35.0 Å². The smallest absolute Gasteiger partial charge is 0.263 e. The molecule has 0 atom stereocenters. The van der Waals surface area contributed by atoms with Crippen molar-refractivity contribution in [2.45, 2.75) is 4.90 Å². The first-order chi connectivity index (χ1) is 14.1. The number of anilines is 2. The minimum atomic E-state index is -4.35. The molecule has 0 saturated heterocycles. The fourth-order valence-electron chi connectivity index (χ4n) is 2.28. The van der Waals surface area contributed by atoms with Crippen LogP contribution in [0.2, 0.25) is 10.0 Å². The van der Waals surface area contributed by atoms with Gasteiger partial charge < -0.3 is 5.73 Å². The Morgan fingerprint density at radius 2 is 1.73 bits per heavy atom. The Morgan fingerprint density at radius 3 is 2.43 bits per heavy atom. The lowest BCUT2D eigenvalue weighted by atomic mass is 10.1. The Morgan fingerprint density at radius 1 is 1.00 bits per heavy atom. The van der Waals surface area contributed by atoms with Gasteiger partial charge in [-0.25, -0.2) is 26.6 Å². The van der Waals surface area contributed by atoms with Gasteiger partial charge in [-0.05, 0) is 36.4 Å². The van der Waals surface area contributed by atoms with E-state index in [1.54, 1.807) is 0 Å². The Kier molecular flexibility index (Phi) is 6.12. The van der Waals surface area contributed by atoms with Crippen molar-refractivity contribution in [2.75, 3.05) is 10.5 Å². The zero-order chi connectivity index (χ0) is 22.1. The van der Waals surface area contributed by atoms with Crippen LogP contribution in [0.1, 0.15) is 11.1 Å². The van der Waals surface area contributed by atoms with Gasteiger partial charge in [0.1, 0.15) is 10.7 Å². The predicted octanol–water partition coefficient (Wildman–Crippen LogP) is 4.59. The number of aromatic nitrogens is 1. The lowest BCUT2D eigenvalue weighted by Gasteiger charge is -2.11. The number of rotatable bonds is 3. The average Bonchev–Trinajstić information content (AvgIpc) is 2.68. The topological polar surface area (TPSA) is 85.1 Å². The molecular formula is C19H10Cl2F3N3O2S. The third kappa shape index (κ3) is 4.62. The van der Waals surface area contributed by atoms with E-state index in [9.17, 15) is 21.6 Å². The summed E-state index contributed by atoms with van der Waals surface area (Å²) in [4.78, 5) is 3.16. The highest BCUT2D eigenvalue weighted by molar-refractivity contribution is 7.92. The Hall–Kier alpha value is -2.93. The van der Waals surface area contributed by atoms with Crippen molar-refractivity contribution in [1.29, 1.82) is 0 Å². The van der Waals surface area contributed by atoms with E-state index in [1.807, 2.05) is 4.72 Å². The number of benzene rings is 2. The Bertz CT molecular complexity index is 1320. The van der Waals surface area contributed by atoms with E-state index in [1.165, 1.54) is 12.1 Å². The van der Waals surface area contributed by atoms with Gasteiger partial charge in [0.15, 0.2) is 17.5 Å². The molecule has 1 heterocycles. The fraction of sp³-hybridized carbons (Fsp3) is 0. The molecule has 0 bridgehead atoms. The van der Waals surface area contributed by atoms with E-state index in [2.05, 4.69) is 16.8 Å². The van der Waals surface area contributed by atoms with Gasteiger partial charge >= 0.3 is 0 Å². The molecule has 30 heavy (non-hydrogen) atoms. The first kappa shape index (κ1) is 21.8. The normalized spacial score (nSPS) is 11.0. The summed E-state index contributed by atoms with van der Waals surface area (Å²) in [5.74, 6) is 1.03. The number of nitrogens with zero attached hydrogens (tertiary/aromatic N) is 1. The van der Waals surface area contributed by atoms with E-state index >= 15 is 0 Å². The lowest BCUT2D eigenvalue weighted by Crippen LogP contribution is -2.15. The third-order valence-electron chi connectivity index (χ3n) is 3.72. The summed E-state index contributed by atoms with van der Waals surface area (Å²) in [5.41, 5.74) is 3.96. The van der Waals surface area contributed by atoms with Crippen LogP contribution in [0.4, 0.5) is 24.7 Å². The molecule has 2 aromatic carbocycles. The van der Waals surface area contributed by atoms with Gasteiger partial charge in [0.25, 0.3) is 10.0 Å². The molecule has 0 aliphatic rings. The van der Waals surface area contributed by atoms with Crippen LogP contribution in [0.3, 0.4) is 0 Å². The molecule has 0 spiro atoms. The van der Waals surface area contributed by atoms with Gasteiger partial charge in [-0.2, -0.15) is 0 Å². The summed E-state index contributed by atoms with van der Waals surface area (Å²) in [5, 5.41) is -0.0532. The van der Waals surface area contributed by atoms with Crippen LogP contribution in [-0.4, -0.2) is 13.4 Å². The number of sulfonamides is 1. The molecule has 5 nitrogen and oxygen atoms in total. The predicted molar refractivity (Wildman–Crippen MR) is 108 cm³/mol. The van der Waals surface area contributed by atoms with Crippen molar-refractivity contribution in [1.82, 2.24) is 4.98 Å². The van der Waals surface area contributed by atoms with Gasteiger partial charge in [0.05, 0.1) is 16.3 Å². The largest absolute Gasteiger partial charge is 0.381 e. The van der Waals surface area contributed by atoms with Crippen molar-refractivity contribution in [3.05, 3.63) is 81.2 Å². The van der Waals surface area contributed by atoms with Gasteiger partial charge in [0, 0.05) is 16.8 Å². The van der Waals surface area contributed by atoms with E-state index in [0.717, 1.165) is 30.5 Å². The van der Waals surface area contributed by atoms with Crippen molar-refractivity contribution in [3.63, 3.8) is 0 Å². The van der Waals surface area contributed by atoms with Crippen molar-refractivity contribution in [2.24, 2.45) is 0 Å². The van der Waals surface area contributed by atoms with Crippen molar-refractivity contribution < 1.29 is 21.6 Å². The van der Waals surface area contributed by atoms with Gasteiger partial charge in [-0.15, -0.1) is 0 Å². The molecule has 0 saturated carbocycles. The number of pyridine rings is 1. The van der Waals surface area contributed by atoms with Crippen LogP contribution in [-0.2, 0) is 10.0 Å². The summed E-state index contributed by atoms with van der Waals surface area (Å²) in [6.45, 7) is 0. The van der Waals surface area contributed by atoms with Crippen LogP contribution in [0.25, 0.3) is 0 Å². The van der Waals surface area contributed by atoms with Crippen LogP contribution < -0.4 is 10.5 Å². The molecule has 154 valence electrons. The summed E-state index contributed by atoms with van der Waals surface area (Å²) in [6, 6.07) is 6.37. The van der Waals surface area contributed by atoms with E-state index in [-0.39, 0.29) is 21.4 Å². The first-order valence-electron chi connectivity index (χ1n) is 7.97. The fourth-order valence-corrected chi connectivity index (χ4v) is 4.10. The summed E-state index contributed by atoms with van der Waals surface area (Å²) in [7, 11) is -4.35. The average molecular weight is 472 g/mol. The highest BCUT2D eigenvalue weighted by Crippen LogP contribution is 2.28. The minimum Gasteiger partial charge on any atom is -0.381 e. The molecule has 11 heteroatoms. The molecule has 3 aromatic rings. The maximum absolute atomic E-state index is 14.8. The number of hydrogen-bond donors (Lipinski definition) is 2. The number of nitrogen functional groups attached to an aromatic ring is 1. The Balaban J connectivity index is 2.00. The molecule has 0 unspecified atom stereocenters. The second-order valence-electron chi connectivity index (χ2n) is 5.81. The van der Waals surface area contributed by atoms with E-state index < -0.39 is 43.6 Å². The molecule has 0 amide bonds. The second-order valence-corrected chi connectivity index (χ2v) is 8.30. The third-order valence-corrected chi connectivity index (χ3v) is 5.80. The number of nitrogens with two attached hydrogens (primary N) is 1. The summed E-state index contributed by atoms with van der Waals surface area (Å²) < 4.78 is 69.4. The Labute approximate surface area is 179 Å². The quantitative estimate of drug-likeness (QED) is 0.547. The summed E-state index contributed by atoms with van der Waals surface area (Å²) >= 11 is 11.7. The molecule has 0 radical (unpaired) electrons. The van der Waals surface area contributed by atoms with E-state index in [4.69, 9.17) is 28.9 Å². The second kappa shape index (κ2) is 8.44. The highest BCUT2D eigenvalue weighted by Gasteiger charge is 2.22. The van der Waals surface area contributed by atoms with Crippen LogP contribution in [0.15, 0.2) is 47.5 Å². The molecule has 3 N–H and O–H groups in total. The zero-order valence-electron chi connectivity index (χ0n) is 14.7. The molecule has 0 aliphatic carbocycles. The summed E-state index contributed by atoms with van der Waals surface area (Å²) in [6.07, 6.45) is 1.12. The highest BCUT2D eigenvalue weighted by atomic mass is 35.5. The maximum atomic E-state index is 14.8. The standard InChI is InChI=1S/C19H10Cl2F3N3O2S/c20-11-2-4-13(21)17(8-11)30(28,29)27-16-6-5-14(22)12(18(16)24)3-1-10-7-15(23)19(25)26-9-10/h2,4-9,27H,(H2,25,26). The van der Waals surface area contributed by atoms with Crippen LogP contribution >= 0.6 is 23.2 Å². The SMILES string of the molecule is Nc1ncc(C#Cc2c(F)ccc(NS(=O)(=O)c3cc(Cl)ccc3Cl)c2F)cc1F. The van der Waals surface area contributed by atoms with Crippen LogP contribution in [0.5, 0.6) is 0 Å². The molecule has 3 rings (SSSR count). The number of halogens is 5. The molecule has 0 fully saturated rings. The van der Waals surface area contributed by atoms with Gasteiger partial charge in [-0.3, -0.25) is 4.72 Å². The molecule has 1 aromatic heterocycles. The number of nitrogens with one attached hydrogen (secondary N) is 1. The first-order valence-corrected chi connectivity index (χ1v) is 10.2. The minimum absolute atomic E-state index is 0.0113. The molecule has 0 aliphatic heterocycles. The van der Waals surface area contributed by atoms with Crippen molar-refractivity contribution in [3.8, 4) is 11.8 Å². The zero-order valence-corrected chi connectivity index (χ0v) is 17.0. The monoisotopic (exact) mass is 471 g/mol. The maximum Gasteiger partial charge on any atom is 0.263 e. The van der Waals surface area contributed by atoms with Crippen LogP contribution in [0, 0.1) is 29.3 Å². The number of hydrogen-bond acceptors (Lipinski definition) is 4. The molecular weight excluding hydrogens is 462 g/mol. The van der Waals surface area contributed by atoms with Crippen molar-refractivity contribution >= 4 is 44.7 Å². The van der Waals surface area contributed by atoms with Gasteiger partial charge in [0.2, 0.25) is 0 Å². The lowest BCUT2D eigenvalue weighted by molar-refractivity contribution is 0.578.